The van der Waals surface area contributed by atoms with Crippen molar-refractivity contribution in [3.63, 3.8) is 0 Å². The summed E-state index contributed by atoms with van der Waals surface area (Å²) >= 11 is 0. The second-order valence-electron chi connectivity index (χ2n) is 7.67. The zero-order chi connectivity index (χ0) is 12.1. The number of fused-ring (bicyclic) bond motifs is 3. The highest BCUT2D eigenvalue weighted by atomic mass is 15.2. The number of nitrogens with zero attached hydrogens (tertiary/aromatic N) is 1. The highest BCUT2D eigenvalue weighted by Gasteiger charge is 2.43. The van der Waals surface area contributed by atoms with Crippen molar-refractivity contribution in [2.24, 2.45) is 35.3 Å². The molecule has 1 saturated heterocycles. The van der Waals surface area contributed by atoms with Crippen molar-refractivity contribution in [2.75, 3.05) is 19.6 Å². The van der Waals surface area contributed by atoms with Gasteiger partial charge in [-0.05, 0) is 61.7 Å². The largest absolute Gasteiger partial charge is 0.327 e. The molecule has 6 unspecified atom stereocenters. The fourth-order valence-electron chi connectivity index (χ4n) is 5.69. The van der Waals surface area contributed by atoms with Gasteiger partial charge < -0.3 is 10.6 Å². The Hall–Kier alpha value is -0.0800. The lowest BCUT2D eigenvalue weighted by Crippen LogP contribution is -2.38. The highest BCUT2D eigenvalue weighted by Crippen LogP contribution is 2.49. The maximum absolute atomic E-state index is 6.32. The third-order valence-electron chi connectivity index (χ3n) is 6.61. The van der Waals surface area contributed by atoms with Gasteiger partial charge in [0, 0.05) is 25.7 Å². The first-order valence-corrected chi connectivity index (χ1v) is 8.27. The SMILES string of the molecule is NC1CCCC2CN(CC3CC4CCC3C4)CC12. The van der Waals surface area contributed by atoms with Crippen LogP contribution in [0.4, 0.5) is 0 Å². The van der Waals surface area contributed by atoms with E-state index in [4.69, 9.17) is 5.73 Å². The van der Waals surface area contributed by atoms with Gasteiger partial charge in [-0.2, -0.15) is 0 Å². The summed E-state index contributed by atoms with van der Waals surface area (Å²) in [5, 5.41) is 0. The van der Waals surface area contributed by atoms with Gasteiger partial charge in [-0.3, -0.25) is 0 Å². The average molecular weight is 248 g/mol. The summed E-state index contributed by atoms with van der Waals surface area (Å²) in [7, 11) is 0. The average Bonchev–Trinajstić information content (AvgIpc) is 3.03. The van der Waals surface area contributed by atoms with E-state index in [-0.39, 0.29) is 0 Å². The van der Waals surface area contributed by atoms with Gasteiger partial charge in [-0.1, -0.05) is 12.8 Å². The molecule has 1 heterocycles. The molecule has 0 spiro atoms. The molecule has 2 heteroatoms. The van der Waals surface area contributed by atoms with Crippen LogP contribution in [0, 0.1) is 29.6 Å². The molecule has 0 radical (unpaired) electrons. The van der Waals surface area contributed by atoms with E-state index in [1.807, 2.05) is 0 Å². The predicted octanol–water partition coefficient (Wildman–Crippen LogP) is 2.48. The van der Waals surface area contributed by atoms with Crippen LogP contribution in [0.2, 0.25) is 0 Å². The highest BCUT2D eigenvalue weighted by molar-refractivity contribution is 4.96. The first-order valence-electron chi connectivity index (χ1n) is 8.27. The van der Waals surface area contributed by atoms with E-state index < -0.39 is 0 Å². The molecule has 4 aliphatic rings. The molecule has 18 heavy (non-hydrogen) atoms. The summed E-state index contributed by atoms with van der Waals surface area (Å²) < 4.78 is 0. The summed E-state index contributed by atoms with van der Waals surface area (Å²) in [6.45, 7) is 4.09. The Morgan fingerprint density at radius 3 is 2.61 bits per heavy atom. The zero-order valence-corrected chi connectivity index (χ0v) is 11.6. The molecule has 4 fully saturated rings. The summed E-state index contributed by atoms with van der Waals surface area (Å²) in [4.78, 5) is 2.78. The van der Waals surface area contributed by atoms with E-state index in [1.54, 1.807) is 12.8 Å². The van der Waals surface area contributed by atoms with E-state index in [0.29, 0.717) is 6.04 Å². The van der Waals surface area contributed by atoms with Crippen molar-refractivity contribution in [2.45, 2.75) is 51.0 Å². The molecule has 0 aromatic heterocycles. The topological polar surface area (TPSA) is 29.3 Å². The molecule has 2 N–H and O–H groups in total. The molecule has 1 aliphatic heterocycles. The quantitative estimate of drug-likeness (QED) is 0.813. The summed E-state index contributed by atoms with van der Waals surface area (Å²) in [6, 6.07) is 0.508. The minimum Gasteiger partial charge on any atom is -0.327 e. The van der Waals surface area contributed by atoms with Gasteiger partial charge in [0.2, 0.25) is 0 Å². The van der Waals surface area contributed by atoms with E-state index >= 15 is 0 Å². The van der Waals surface area contributed by atoms with Crippen LogP contribution in [0.3, 0.4) is 0 Å². The van der Waals surface area contributed by atoms with E-state index in [1.165, 1.54) is 51.7 Å². The molecular formula is C16H28N2. The van der Waals surface area contributed by atoms with E-state index in [2.05, 4.69) is 4.90 Å². The van der Waals surface area contributed by atoms with Crippen LogP contribution in [0.15, 0.2) is 0 Å². The van der Waals surface area contributed by atoms with Crippen LogP contribution in [-0.4, -0.2) is 30.6 Å². The number of likely N-dealkylation sites (tertiary alicyclic amines) is 1. The second-order valence-corrected chi connectivity index (χ2v) is 7.67. The fraction of sp³-hybridized carbons (Fsp3) is 1.00. The van der Waals surface area contributed by atoms with Crippen LogP contribution < -0.4 is 5.73 Å². The zero-order valence-electron chi connectivity index (χ0n) is 11.6. The molecule has 3 saturated carbocycles. The van der Waals surface area contributed by atoms with Gasteiger partial charge >= 0.3 is 0 Å². The molecule has 3 aliphatic carbocycles. The normalized spacial score (nSPS) is 51.8. The number of nitrogens with two attached hydrogens (primary N) is 1. The number of hydrogen-bond donors (Lipinski definition) is 1. The van der Waals surface area contributed by atoms with Crippen molar-refractivity contribution < 1.29 is 0 Å². The van der Waals surface area contributed by atoms with Crippen molar-refractivity contribution in [1.29, 1.82) is 0 Å². The Kier molecular flexibility index (Phi) is 2.92. The summed E-state index contributed by atoms with van der Waals surface area (Å²) in [5.41, 5.74) is 6.32. The molecule has 0 aromatic carbocycles. The van der Waals surface area contributed by atoms with Gasteiger partial charge in [0.15, 0.2) is 0 Å². The molecule has 2 nitrogen and oxygen atoms in total. The van der Waals surface area contributed by atoms with E-state index in [9.17, 15) is 0 Å². The lowest BCUT2D eigenvalue weighted by molar-refractivity contribution is 0.211. The third-order valence-corrected chi connectivity index (χ3v) is 6.61. The van der Waals surface area contributed by atoms with Gasteiger partial charge in [0.05, 0.1) is 0 Å². The van der Waals surface area contributed by atoms with Crippen molar-refractivity contribution in [1.82, 2.24) is 4.90 Å². The molecular weight excluding hydrogens is 220 g/mol. The van der Waals surface area contributed by atoms with Crippen LogP contribution in [0.1, 0.15) is 44.9 Å². The molecule has 2 bridgehead atoms. The van der Waals surface area contributed by atoms with Crippen molar-refractivity contribution in [3.05, 3.63) is 0 Å². The second kappa shape index (κ2) is 4.49. The Morgan fingerprint density at radius 1 is 0.944 bits per heavy atom. The lowest BCUT2D eigenvalue weighted by Gasteiger charge is -2.30. The van der Waals surface area contributed by atoms with E-state index in [0.717, 1.165) is 29.6 Å². The molecule has 6 atom stereocenters. The van der Waals surface area contributed by atoms with Crippen LogP contribution in [0.5, 0.6) is 0 Å². The molecule has 0 aromatic rings. The Labute approximate surface area is 111 Å². The number of rotatable bonds is 2. The number of hydrogen-bond acceptors (Lipinski definition) is 2. The smallest absolute Gasteiger partial charge is 0.00825 e. The van der Waals surface area contributed by atoms with Gasteiger partial charge in [-0.15, -0.1) is 0 Å². The first kappa shape index (κ1) is 11.7. The third kappa shape index (κ3) is 1.92. The van der Waals surface area contributed by atoms with Crippen LogP contribution in [0.25, 0.3) is 0 Å². The standard InChI is InChI=1S/C16H28N2/c17-16-3-1-2-13-8-18(10-15(13)16)9-14-7-11-4-5-12(14)6-11/h11-16H,1-10,17H2. The monoisotopic (exact) mass is 248 g/mol. The Bertz CT molecular complexity index is 316. The fourth-order valence-corrected chi connectivity index (χ4v) is 5.69. The Morgan fingerprint density at radius 2 is 1.89 bits per heavy atom. The summed E-state index contributed by atoms with van der Waals surface area (Å²) in [5.74, 6) is 5.00. The molecule has 4 rings (SSSR count). The first-order chi connectivity index (χ1) is 8.79. The predicted molar refractivity (Wildman–Crippen MR) is 74.2 cm³/mol. The minimum atomic E-state index is 0.508. The van der Waals surface area contributed by atoms with Crippen LogP contribution >= 0.6 is 0 Å². The van der Waals surface area contributed by atoms with Crippen LogP contribution in [-0.2, 0) is 0 Å². The minimum absolute atomic E-state index is 0.508. The maximum Gasteiger partial charge on any atom is 0.00825 e. The van der Waals surface area contributed by atoms with Crippen molar-refractivity contribution >= 4 is 0 Å². The van der Waals surface area contributed by atoms with Gasteiger partial charge in [-0.25, -0.2) is 0 Å². The van der Waals surface area contributed by atoms with Gasteiger partial charge in [0.25, 0.3) is 0 Å². The van der Waals surface area contributed by atoms with Crippen molar-refractivity contribution in [3.8, 4) is 0 Å². The summed E-state index contributed by atoms with van der Waals surface area (Å²) in [6.07, 6.45) is 10.3. The maximum atomic E-state index is 6.32. The van der Waals surface area contributed by atoms with Gasteiger partial charge in [0.1, 0.15) is 0 Å². The molecule has 102 valence electrons. The Balaban J connectivity index is 1.36. The lowest BCUT2D eigenvalue weighted by atomic mass is 9.78. The molecule has 0 amide bonds.